The summed E-state index contributed by atoms with van der Waals surface area (Å²) in [7, 11) is 0. The van der Waals surface area contributed by atoms with Crippen molar-refractivity contribution in [2.75, 3.05) is 18.4 Å². The van der Waals surface area contributed by atoms with Crippen molar-refractivity contribution in [2.24, 2.45) is 5.92 Å². The third kappa shape index (κ3) is 3.97. The van der Waals surface area contributed by atoms with Gasteiger partial charge in [0.25, 0.3) is 0 Å². The zero-order chi connectivity index (χ0) is 13.0. The Bertz CT molecular complexity index is 433. The highest BCUT2D eigenvalue weighted by molar-refractivity contribution is 9.10. The second-order valence-electron chi connectivity index (χ2n) is 4.57. The highest BCUT2D eigenvalue weighted by atomic mass is 79.9. The van der Waals surface area contributed by atoms with Crippen molar-refractivity contribution in [3.8, 4) is 0 Å². The number of carbonyl (C=O) groups excluding carboxylic acids is 1. The molecular weight excluding hydrogens is 316 g/mol. The van der Waals surface area contributed by atoms with Crippen LogP contribution in [0.3, 0.4) is 0 Å². The summed E-state index contributed by atoms with van der Waals surface area (Å²) in [4.78, 5) is 11.8. The summed E-state index contributed by atoms with van der Waals surface area (Å²) < 4.78 is 0.905. The van der Waals surface area contributed by atoms with Crippen molar-refractivity contribution in [2.45, 2.75) is 19.3 Å². The van der Waals surface area contributed by atoms with Crippen LogP contribution in [0.25, 0.3) is 0 Å². The monoisotopic (exact) mass is 330 g/mol. The smallest absolute Gasteiger partial charge is 0.224 e. The number of carbonyl (C=O) groups is 1. The van der Waals surface area contributed by atoms with Crippen LogP contribution in [0.1, 0.15) is 19.3 Å². The van der Waals surface area contributed by atoms with E-state index in [2.05, 4.69) is 26.6 Å². The van der Waals surface area contributed by atoms with Gasteiger partial charge in [0.15, 0.2) is 0 Å². The van der Waals surface area contributed by atoms with Gasteiger partial charge in [0.1, 0.15) is 0 Å². The Morgan fingerprint density at radius 3 is 3.11 bits per heavy atom. The first-order valence-electron chi connectivity index (χ1n) is 6.11. The Morgan fingerprint density at radius 2 is 2.39 bits per heavy atom. The number of anilines is 1. The molecular formula is C13H16BrClN2O. The number of hydrogen-bond donors (Lipinski definition) is 2. The number of nitrogens with one attached hydrogen (secondary N) is 2. The highest BCUT2D eigenvalue weighted by Crippen LogP contribution is 2.26. The van der Waals surface area contributed by atoms with Crippen LogP contribution in [0.2, 0.25) is 5.02 Å². The Kier molecular flexibility index (Phi) is 5.03. The SMILES string of the molecule is O=C(CCC1CCNC1)Nc1cc(Br)ccc1Cl. The molecule has 1 aromatic carbocycles. The van der Waals surface area contributed by atoms with Crippen LogP contribution in [0.15, 0.2) is 22.7 Å². The summed E-state index contributed by atoms with van der Waals surface area (Å²) in [6.07, 6.45) is 2.66. The maximum atomic E-state index is 11.8. The maximum Gasteiger partial charge on any atom is 0.224 e. The Labute approximate surface area is 120 Å². The average molecular weight is 332 g/mol. The first kappa shape index (κ1) is 13.8. The van der Waals surface area contributed by atoms with Crippen LogP contribution in [0.5, 0.6) is 0 Å². The van der Waals surface area contributed by atoms with E-state index in [1.807, 2.05) is 12.1 Å². The number of rotatable bonds is 4. The van der Waals surface area contributed by atoms with Crippen molar-refractivity contribution in [1.82, 2.24) is 5.32 Å². The standard InChI is InChI=1S/C13H16BrClN2O/c14-10-2-3-11(15)12(7-10)17-13(18)4-1-9-5-6-16-8-9/h2-3,7,9,16H,1,4-6,8H2,(H,17,18). The molecule has 0 spiro atoms. The summed E-state index contributed by atoms with van der Waals surface area (Å²) in [6.45, 7) is 2.11. The van der Waals surface area contributed by atoms with Crippen LogP contribution >= 0.6 is 27.5 Å². The van der Waals surface area contributed by atoms with E-state index in [0.29, 0.717) is 23.0 Å². The summed E-state index contributed by atoms with van der Waals surface area (Å²) in [6, 6.07) is 5.43. The molecule has 5 heteroatoms. The van der Waals surface area contributed by atoms with E-state index < -0.39 is 0 Å². The molecule has 0 aromatic heterocycles. The van der Waals surface area contributed by atoms with Crippen molar-refractivity contribution in [3.05, 3.63) is 27.7 Å². The first-order chi connectivity index (χ1) is 8.65. The fourth-order valence-electron chi connectivity index (χ4n) is 2.10. The molecule has 1 aliphatic heterocycles. The molecule has 1 unspecified atom stereocenters. The largest absolute Gasteiger partial charge is 0.325 e. The van der Waals surface area contributed by atoms with E-state index in [1.54, 1.807) is 6.07 Å². The fraction of sp³-hybridized carbons (Fsp3) is 0.462. The lowest BCUT2D eigenvalue weighted by Gasteiger charge is -2.10. The van der Waals surface area contributed by atoms with Gasteiger partial charge < -0.3 is 10.6 Å². The minimum absolute atomic E-state index is 0.0295. The summed E-state index contributed by atoms with van der Waals surface area (Å²) in [5, 5.41) is 6.72. The second-order valence-corrected chi connectivity index (χ2v) is 5.89. The van der Waals surface area contributed by atoms with Crippen molar-refractivity contribution in [3.63, 3.8) is 0 Å². The van der Waals surface area contributed by atoms with Crippen LogP contribution in [-0.4, -0.2) is 19.0 Å². The molecule has 3 nitrogen and oxygen atoms in total. The summed E-state index contributed by atoms with van der Waals surface area (Å²) >= 11 is 9.38. The van der Waals surface area contributed by atoms with E-state index in [-0.39, 0.29) is 5.91 Å². The molecule has 1 heterocycles. The molecule has 1 amide bonds. The van der Waals surface area contributed by atoms with Crippen LogP contribution in [-0.2, 0) is 4.79 Å². The molecule has 1 aromatic rings. The van der Waals surface area contributed by atoms with Crippen molar-refractivity contribution >= 4 is 39.1 Å². The van der Waals surface area contributed by atoms with Gasteiger partial charge in [-0.15, -0.1) is 0 Å². The Morgan fingerprint density at radius 1 is 1.56 bits per heavy atom. The predicted molar refractivity (Wildman–Crippen MR) is 78.0 cm³/mol. The van der Waals surface area contributed by atoms with E-state index >= 15 is 0 Å². The van der Waals surface area contributed by atoms with E-state index in [9.17, 15) is 4.79 Å². The van der Waals surface area contributed by atoms with Gasteiger partial charge in [-0.2, -0.15) is 0 Å². The third-order valence-electron chi connectivity index (χ3n) is 3.14. The molecule has 1 aliphatic rings. The molecule has 0 aliphatic carbocycles. The molecule has 0 bridgehead atoms. The number of halogens is 2. The van der Waals surface area contributed by atoms with Gasteiger partial charge in [-0.25, -0.2) is 0 Å². The van der Waals surface area contributed by atoms with Crippen LogP contribution in [0, 0.1) is 5.92 Å². The zero-order valence-electron chi connectivity index (χ0n) is 10.0. The third-order valence-corrected chi connectivity index (χ3v) is 3.97. The minimum atomic E-state index is 0.0295. The Hall–Kier alpha value is -0.580. The van der Waals surface area contributed by atoms with Crippen LogP contribution in [0.4, 0.5) is 5.69 Å². The minimum Gasteiger partial charge on any atom is -0.325 e. The molecule has 2 N–H and O–H groups in total. The van der Waals surface area contributed by atoms with Gasteiger partial charge >= 0.3 is 0 Å². The van der Waals surface area contributed by atoms with Gasteiger partial charge in [0, 0.05) is 10.9 Å². The normalized spacial score (nSPS) is 18.9. The predicted octanol–water partition coefficient (Wildman–Crippen LogP) is 3.43. The van der Waals surface area contributed by atoms with Gasteiger partial charge in [0.2, 0.25) is 5.91 Å². The van der Waals surface area contributed by atoms with Gasteiger partial charge in [-0.3, -0.25) is 4.79 Å². The van der Waals surface area contributed by atoms with E-state index in [0.717, 1.165) is 24.0 Å². The molecule has 18 heavy (non-hydrogen) atoms. The molecule has 1 fully saturated rings. The van der Waals surface area contributed by atoms with Crippen molar-refractivity contribution in [1.29, 1.82) is 0 Å². The molecule has 1 atom stereocenters. The van der Waals surface area contributed by atoms with Crippen LogP contribution < -0.4 is 10.6 Å². The summed E-state index contributed by atoms with van der Waals surface area (Å²) in [5.74, 6) is 0.663. The lowest BCUT2D eigenvalue weighted by atomic mass is 10.0. The van der Waals surface area contributed by atoms with Gasteiger partial charge in [0.05, 0.1) is 10.7 Å². The number of benzene rings is 1. The first-order valence-corrected chi connectivity index (χ1v) is 7.28. The fourth-order valence-corrected chi connectivity index (χ4v) is 2.63. The Balaban J connectivity index is 1.84. The van der Waals surface area contributed by atoms with E-state index in [1.165, 1.54) is 6.42 Å². The summed E-state index contributed by atoms with van der Waals surface area (Å²) in [5.41, 5.74) is 0.667. The van der Waals surface area contributed by atoms with Crippen molar-refractivity contribution < 1.29 is 4.79 Å². The molecule has 98 valence electrons. The molecule has 2 rings (SSSR count). The lowest BCUT2D eigenvalue weighted by molar-refractivity contribution is -0.116. The van der Waals surface area contributed by atoms with Gasteiger partial charge in [-0.05, 0) is 50.0 Å². The number of hydrogen-bond acceptors (Lipinski definition) is 2. The number of amides is 1. The van der Waals surface area contributed by atoms with Gasteiger partial charge in [-0.1, -0.05) is 27.5 Å². The quantitative estimate of drug-likeness (QED) is 0.887. The molecule has 0 radical (unpaired) electrons. The lowest BCUT2D eigenvalue weighted by Crippen LogP contribution is -2.15. The van der Waals surface area contributed by atoms with E-state index in [4.69, 9.17) is 11.6 Å². The average Bonchev–Trinajstić information content (AvgIpc) is 2.84. The molecule has 1 saturated heterocycles. The molecule has 0 saturated carbocycles. The second kappa shape index (κ2) is 6.55. The topological polar surface area (TPSA) is 41.1 Å². The zero-order valence-corrected chi connectivity index (χ0v) is 12.4. The maximum absolute atomic E-state index is 11.8. The highest BCUT2D eigenvalue weighted by Gasteiger charge is 2.16.